The standard InChI is InChI=1S/C27H27N5O3S2/c1-15-20-24(28-21-16(2)25(33)31-26(21)34)29-23(19-7-5-14-36-19)30-27(20)37-22(15)17-8-10-18(11-9-17)35-13-6-12-32(3)4/h5,7-11,14H,6,12-13H2,1-4H3,(H2,28,29,30,31,33,34). The highest BCUT2D eigenvalue weighted by molar-refractivity contribution is 7.22. The maximum Gasteiger partial charge on any atom is 0.275 e. The van der Waals surface area contributed by atoms with Crippen LogP contribution in [0.2, 0.25) is 0 Å². The van der Waals surface area contributed by atoms with Gasteiger partial charge in [-0.25, -0.2) is 9.97 Å². The molecule has 5 rings (SSSR count). The minimum Gasteiger partial charge on any atom is -0.494 e. The maximum atomic E-state index is 12.4. The van der Waals surface area contributed by atoms with E-state index in [2.05, 4.69) is 41.8 Å². The summed E-state index contributed by atoms with van der Waals surface area (Å²) in [5, 5.41) is 8.29. The molecular weight excluding hydrogens is 506 g/mol. The number of thiophene rings is 2. The van der Waals surface area contributed by atoms with E-state index in [1.54, 1.807) is 29.6 Å². The van der Waals surface area contributed by atoms with Gasteiger partial charge in [0.1, 0.15) is 22.1 Å². The van der Waals surface area contributed by atoms with Crippen molar-refractivity contribution in [3.05, 3.63) is 58.6 Å². The van der Waals surface area contributed by atoms with E-state index in [0.29, 0.717) is 23.8 Å². The van der Waals surface area contributed by atoms with Crippen molar-refractivity contribution in [3.8, 4) is 26.9 Å². The Morgan fingerprint density at radius 3 is 2.49 bits per heavy atom. The van der Waals surface area contributed by atoms with Gasteiger partial charge in [-0.3, -0.25) is 14.9 Å². The predicted molar refractivity (Wildman–Crippen MR) is 149 cm³/mol. The molecule has 0 radical (unpaired) electrons. The van der Waals surface area contributed by atoms with Crippen molar-refractivity contribution >= 4 is 50.5 Å². The molecule has 0 saturated heterocycles. The lowest BCUT2D eigenvalue weighted by Gasteiger charge is -2.11. The smallest absolute Gasteiger partial charge is 0.275 e. The molecule has 0 spiro atoms. The van der Waals surface area contributed by atoms with E-state index < -0.39 is 11.8 Å². The Morgan fingerprint density at radius 1 is 1.05 bits per heavy atom. The number of ether oxygens (including phenoxy) is 1. The molecule has 1 aliphatic rings. The highest BCUT2D eigenvalue weighted by Crippen LogP contribution is 2.42. The van der Waals surface area contributed by atoms with Gasteiger partial charge in [-0.15, -0.1) is 22.7 Å². The first kappa shape index (κ1) is 25.1. The van der Waals surface area contributed by atoms with Gasteiger partial charge >= 0.3 is 0 Å². The van der Waals surface area contributed by atoms with Gasteiger partial charge in [0.15, 0.2) is 5.82 Å². The summed E-state index contributed by atoms with van der Waals surface area (Å²) in [4.78, 5) is 39.0. The molecule has 0 saturated carbocycles. The Bertz CT molecular complexity index is 1510. The number of nitrogens with one attached hydrogen (secondary N) is 2. The number of carbonyl (C=O) groups excluding carboxylic acids is 2. The number of hydrogen-bond acceptors (Lipinski definition) is 9. The molecule has 1 aliphatic heterocycles. The van der Waals surface area contributed by atoms with Gasteiger partial charge < -0.3 is 15.0 Å². The fourth-order valence-corrected chi connectivity index (χ4v) is 5.95. The molecule has 0 bridgehead atoms. The summed E-state index contributed by atoms with van der Waals surface area (Å²) in [5.41, 5.74) is 2.60. The third-order valence-electron chi connectivity index (χ3n) is 6.08. The molecule has 0 unspecified atom stereocenters. The number of carbonyl (C=O) groups is 2. The van der Waals surface area contributed by atoms with Crippen LogP contribution >= 0.6 is 22.7 Å². The van der Waals surface area contributed by atoms with Crippen molar-refractivity contribution in [1.29, 1.82) is 0 Å². The topological polar surface area (TPSA) is 96.5 Å². The zero-order valence-corrected chi connectivity index (χ0v) is 22.7. The van der Waals surface area contributed by atoms with E-state index in [1.165, 1.54) is 0 Å². The number of amides is 2. The largest absolute Gasteiger partial charge is 0.494 e. The Morgan fingerprint density at radius 2 is 1.84 bits per heavy atom. The molecule has 4 aromatic rings. The lowest BCUT2D eigenvalue weighted by molar-refractivity contribution is -0.124. The minimum atomic E-state index is -0.457. The highest BCUT2D eigenvalue weighted by atomic mass is 32.1. The van der Waals surface area contributed by atoms with Gasteiger partial charge in [0.2, 0.25) is 0 Å². The molecule has 2 amide bonds. The zero-order chi connectivity index (χ0) is 26.1. The van der Waals surface area contributed by atoms with Crippen molar-refractivity contribution in [2.75, 3.05) is 32.6 Å². The van der Waals surface area contributed by atoms with Gasteiger partial charge in [-0.05, 0) is 81.2 Å². The fourth-order valence-electron chi connectivity index (χ4n) is 4.11. The minimum absolute atomic E-state index is 0.213. The molecule has 3 aromatic heterocycles. The van der Waals surface area contributed by atoms with Crippen LogP contribution in [0.1, 0.15) is 18.9 Å². The third kappa shape index (κ3) is 5.13. The first-order chi connectivity index (χ1) is 17.8. The summed E-state index contributed by atoms with van der Waals surface area (Å²) in [6.45, 7) is 5.30. The Balaban J connectivity index is 1.52. The van der Waals surface area contributed by atoms with E-state index >= 15 is 0 Å². The predicted octanol–water partition coefficient (Wildman–Crippen LogP) is 5.07. The molecular formula is C27H27N5O3S2. The summed E-state index contributed by atoms with van der Waals surface area (Å²) < 4.78 is 5.89. The molecule has 37 heavy (non-hydrogen) atoms. The summed E-state index contributed by atoms with van der Waals surface area (Å²) in [6, 6.07) is 12.0. The monoisotopic (exact) mass is 533 g/mol. The molecule has 8 nitrogen and oxygen atoms in total. The van der Waals surface area contributed by atoms with Crippen molar-refractivity contribution in [1.82, 2.24) is 20.2 Å². The van der Waals surface area contributed by atoms with E-state index in [-0.39, 0.29) is 5.70 Å². The van der Waals surface area contributed by atoms with Gasteiger partial charge in [0.25, 0.3) is 11.8 Å². The summed E-state index contributed by atoms with van der Waals surface area (Å²) in [5.74, 6) is 1.06. The van der Waals surface area contributed by atoms with E-state index in [1.807, 2.05) is 36.6 Å². The van der Waals surface area contributed by atoms with Crippen LogP contribution in [0.3, 0.4) is 0 Å². The fraction of sp³-hybridized carbons (Fsp3) is 0.259. The van der Waals surface area contributed by atoms with Crippen molar-refractivity contribution in [2.45, 2.75) is 20.3 Å². The molecule has 0 fully saturated rings. The summed E-state index contributed by atoms with van der Waals surface area (Å²) >= 11 is 3.12. The maximum absolute atomic E-state index is 12.4. The van der Waals surface area contributed by atoms with Crippen LogP contribution in [0, 0.1) is 6.92 Å². The van der Waals surface area contributed by atoms with Crippen molar-refractivity contribution in [3.63, 3.8) is 0 Å². The van der Waals surface area contributed by atoms with E-state index in [0.717, 1.165) is 49.8 Å². The molecule has 190 valence electrons. The van der Waals surface area contributed by atoms with Gasteiger partial charge in [0, 0.05) is 17.0 Å². The second kappa shape index (κ2) is 10.4. The van der Waals surface area contributed by atoms with Crippen LogP contribution in [-0.4, -0.2) is 53.9 Å². The second-order valence-electron chi connectivity index (χ2n) is 9.05. The normalized spacial score (nSPS) is 13.6. The molecule has 0 atom stereocenters. The Kier molecular flexibility index (Phi) is 7.05. The molecule has 4 heterocycles. The third-order valence-corrected chi connectivity index (χ3v) is 8.18. The SMILES string of the molecule is CC1=C(Nc2nc(-c3cccs3)nc3sc(-c4ccc(OCCCN(C)C)cc4)c(C)c23)C(=O)NC1=O. The second-order valence-corrected chi connectivity index (χ2v) is 11.0. The van der Waals surface area contributed by atoms with Gasteiger partial charge in [-0.2, -0.15) is 0 Å². The average molecular weight is 534 g/mol. The molecule has 1 aromatic carbocycles. The van der Waals surface area contributed by atoms with Crippen LogP contribution in [0.25, 0.3) is 31.4 Å². The molecule has 0 aliphatic carbocycles. The first-order valence-corrected chi connectivity index (χ1v) is 13.6. The van der Waals surface area contributed by atoms with Crippen molar-refractivity contribution in [2.24, 2.45) is 0 Å². The zero-order valence-electron chi connectivity index (χ0n) is 21.0. The van der Waals surface area contributed by atoms with Crippen LogP contribution < -0.4 is 15.4 Å². The first-order valence-electron chi connectivity index (χ1n) is 11.9. The number of hydrogen-bond donors (Lipinski definition) is 2. The van der Waals surface area contributed by atoms with Crippen molar-refractivity contribution < 1.29 is 14.3 Å². The quantitative estimate of drug-likeness (QED) is 0.229. The van der Waals surface area contributed by atoms with E-state index in [4.69, 9.17) is 14.7 Å². The van der Waals surface area contributed by atoms with Gasteiger partial charge in [-0.1, -0.05) is 6.07 Å². The number of aryl methyl sites for hydroxylation is 1. The van der Waals surface area contributed by atoms with E-state index in [9.17, 15) is 9.59 Å². The number of fused-ring (bicyclic) bond motifs is 1. The number of nitrogens with zero attached hydrogens (tertiary/aromatic N) is 3. The number of aromatic nitrogens is 2. The van der Waals surface area contributed by atoms with Crippen LogP contribution in [-0.2, 0) is 9.59 Å². The lowest BCUT2D eigenvalue weighted by Crippen LogP contribution is -2.24. The van der Waals surface area contributed by atoms with Crippen LogP contribution in [0.4, 0.5) is 5.82 Å². The number of imide groups is 1. The Hall–Kier alpha value is -3.60. The average Bonchev–Trinajstić information content (AvgIpc) is 3.58. The van der Waals surface area contributed by atoms with Crippen LogP contribution in [0.5, 0.6) is 5.75 Å². The Labute approximate surface area is 223 Å². The summed E-state index contributed by atoms with van der Waals surface area (Å²) in [7, 11) is 4.11. The highest BCUT2D eigenvalue weighted by Gasteiger charge is 2.29. The summed E-state index contributed by atoms with van der Waals surface area (Å²) in [6.07, 6.45) is 0.963. The van der Waals surface area contributed by atoms with Crippen LogP contribution in [0.15, 0.2) is 53.0 Å². The number of benzene rings is 1. The number of anilines is 1. The molecule has 2 N–H and O–H groups in total. The van der Waals surface area contributed by atoms with Gasteiger partial charge in [0.05, 0.1) is 16.9 Å². The number of rotatable bonds is 9. The molecule has 10 heteroatoms. The lowest BCUT2D eigenvalue weighted by atomic mass is 10.1.